The molecule has 2 N–H and O–H groups in total. The van der Waals surface area contributed by atoms with Crippen LogP contribution in [0.2, 0.25) is 0 Å². The van der Waals surface area contributed by atoms with Gasteiger partial charge in [-0.1, -0.05) is 38.1 Å². The maximum atomic E-state index is 12.6. The monoisotopic (exact) mass is 352 g/mol. The van der Waals surface area contributed by atoms with Crippen LogP contribution in [-0.4, -0.2) is 40.6 Å². The summed E-state index contributed by atoms with van der Waals surface area (Å²) < 4.78 is 0. The van der Waals surface area contributed by atoms with E-state index >= 15 is 0 Å². The number of carbonyl (C=O) groups is 1. The van der Waals surface area contributed by atoms with Crippen LogP contribution >= 0.6 is 0 Å². The zero-order valence-corrected chi connectivity index (χ0v) is 15.6. The first-order valence-electron chi connectivity index (χ1n) is 9.41. The fourth-order valence-corrected chi connectivity index (χ4v) is 3.31. The number of H-pyrrole nitrogens is 1. The third kappa shape index (κ3) is 5.05. The van der Waals surface area contributed by atoms with E-state index < -0.39 is 0 Å². The maximum Gasteiger partial charge on any atom is 0.228 e. The van der Waals surface area contributed by atoms with E-state index in [9.17, 15) is 4.79 Å². The Morgan fingerprint density at radius 1 is 1.35 bits per heavy atom. The molecule has 0 aliphatic carbocycles. The maximum absolute atomic E-state index is 12.6. The number of rotatable bonds is 6. The molecule has 1 saturated heterocycles. The zero-order valence-electron chi connectivity index (χ0n) is 15.6. The standard InChI is InChI=1S/C21H28N4O/c1-16(2)5-3-13-25-14-4-6-18(15-25)21(26)23-19-9-7-17(8-10-19)20-11-12-22-24-20/h3,5,7-12,16,18H,4,6,13-15H2,1-2H3,(H,22,24)(H,23,26)/b5-3+. The van der Waals surface area contributed by atoms with Crippen molar-refractivity contribution >= 4 is 11.6 Å². The van der Waals surface area contributed by atoms with Crippen LogP contribution < -0.4 is 5.32 Å². The van der Waals surface area contributed by atoms with Gasteiger partial charge in [-0.25, -0.2) is 0 Å². The number of likely N-dealkylation sites (tertiary alicyclic amines) is 1. The predicted octanol–water partition coefficient (Wildman–Crippen LogP) is 3.94. The topological polar surface area (TPSA) is 61.0 Å². The largest absolute Gasteiger partial charge is 0.326 e. The molecule has 1 aromatic carbocycles. The highest BCUT2D eigenvalue weighted by molar-refractivity contribution is 5.93. The molecule has 26 heavy (non-hydrogen) atoms. The number of hydrogen-bond acceptors (Lipinski definition) is 3. The Labute approximate surface area is 155 Å². The van der Waals surface area contributed by atoms with Gasteiger partial charge in [0.15, 0.2) is 0 Å². The highest BCUT2D eigenvalue weighted by atomic mass is 16.1. The quantitative estimate of drug-likeness (QED) is 0.774. The number of nitrogens with zero attached hydrogens (tertiary/aromatic N) is 2. The molecule has 138 valence electrons. The molecule has 1 amide bonds. The first-order valence-corrected chi connectivity index (χ1v) is 9.41. The molecule has 5 heteroatoms. The highest BCUT2D eigenvalue weighted by Gasteiger charge is 2.25. The number of aromatic amines is 1. The summed E-state index contributed by atoms with van der Waals surface area (Å²) in [6.45, 7) is 7.20. The van der Waals surface area contributed by atoms with Crippen molar-refractivity contribution in [1.29, 1.82) is 0 Å². The number of allylic oxidation sites excluding steroid dienone is 1. The van der Waals surface area contributed by atoms with Crippen LogP contribution in [0.15, 0.2) is 48.7 Å². The summed E-state index contributed by atoms with van der Waals surface area (Å²) in [6, 6.07) is 9.80. The van der Waals surface area contributed by atoms with Crippen molar-refractivity contribution in [3.63, 3.8) is 0 Å². The minimum Gasteiger partial charge on any atom is -0.326 e. The molecule has 3 rings (SSSR count). The molecule has 5 nitrogen and oxygen atoms in total. The lowest BCUT2D eigenvalue weighted by Crippen LogP contribution is -2.40. The Kier molecular flexibility index (Phi) is 6.23. The molecule has 1 unspecified atom stereocenters. The third-order valence-corrected chi connectivity index (χ3v) is 4.73. The normalized spacial score (nSPS) is 18.5. The van der Waals surface area contributed by atoms with Gasteiger partial charge in [-0.3, -0.25) is 14.8 Å². The summed E-state index contributed by atoms with van der Waals surface area (Å²) in [6.07, 6.45) is 8.22. The summed E-state index contributed by atoms with van der Waals surface area (Å²) in [5.74, 6) is 0.754. The summed E-state index contributed by atoms with van der Waals surface area (Å²) in [5.41, 5.74) is 2.87. The Morgan fingerprint density at radius 3 is 2.85 bits per heavy atom. The van der Waals surface area contributed by atoms with Crippen molar-refractivity contribution < 1.29 is 4.79 Å². The molecule has 1 atom stereocenters. The third-order valence-electron chi connectivity index (χ3n) is 4.73. The minimum absolute atomic E-state index is 0.0588. The van der Waals surface area contributed by atoms with Crippen molar-refractivity contribution in [2.24, 2.45) is 11.8 Å². The number of benzene rings is 1. The second-order valence-electron chi connectivity index (χ2n) is 7.31. The molecule has 0 bridgehead atoms. The first-order chi connectivity index (χ1) is 12.6. The molecular formula is C21H28N4O. The molecule has 1 aromatic heterocycles. The van der Waals surface area contributed by atoms with E-state index in [1.54, 1.807) is 6.20 Å². The van der Waals surface area contributed by atoms with Gasteiger partial charge in [0.25, 0.3) is 0 Å². The molecular weight excluding hydrogens is 324 g/mol. The second-order valence-corrected chi connectivity index (χ2v) is 7.31. The van der Waals surface area contributed by atoms with Gasteiger partial charge in [0.1, 0.15) is 0 Å². The van der Waals surface area contributed by atoms with Gasteiger partial charge < -0.3 is 5.32 Å². The van der Waals surface area contributed by atoms with E-state index in [4.69, 9.17) is 0 Å². The molecule has 1 aliphatic rings. The molecule has 0 saturated carbocycles. The number of nitrogens with one attached hydrogen (secondary N) is 2. The molecule has 1 fully saturated rings. The van der Waals surface area contributed by atoms with Gasteiger partial charge in [0.05, 0.1) is 11.6 Å². The van der Waals surface area contributed by atoms with Crippen LogP contribution in [0.3, 0.4) is 0 Å². The Bertz CT molecular complexity index is 719. The van der Waals surface area contributed by atoms with Crippen LogP contribution in [0, 0.1) is 11.8 Å². The van der Waals surface area contributed by atoms with Gasteiger partial charge in [0.2, 0.25) is 5.91 Å². The van der Waals surface area contributed by atoms with E-state index in [1.165, 1.54) is 0 Å². The second kappa shape index (κ2) is 8.81. The number of amides is 1. The number of carbonyl (C=O) groups excluding carboxylic acids is 1. The number of piperidine rings is 1. The number of hydrogen-bond donors (Lipinski definition) is 2. The van der Waals surface area contributed by atoms with Crippen molar-refractivity contribution in [2.45, 2.75) is 26.7 Å². The SMILES string of the molecule is CC(C)/C=C/CN1CCCC(C(=O)Nc2ccc(-c3ccn[nH]3)cc2)C1. The Balaban J connectivity index is 1.54. The molecule has 2 heterocycles. The average Bonchev–Trinajstić information content (AvgIpc) is 3.17. The van der Waals surface area contributed by atoms with Crippen molar-refractivity contribution in [2.75, 3.05) is 25.0 Å². The summed E-state index contributed by atoms with van der Waals surface area (Å²) in [4.78, 5) is 15.0. The molecule has 2 aromatic rings. The summed E-state index contributed by atoms with van der Waals surface area (Å²) >= 11 is 0. The number of anilines is 1. The highest BCUT2D eigenvalue weighted by Crippen LogP contribution is 2.21. The lowest BCUT2D eigenvalue weighted by Gasteiger charge is -2.31. The van der Waals surface area contributed by atoms with Crippen LogP contribution in [0.25, 0.3) is 11.3 Å². The van der Waals surface area contributed by atoms with E-state index in [-0.39, 0.29) is 11.8 Å². The first kappa shape index (κ1) is 18.4. The van der Waals surface area contributed by atoms with E-state index in [0.29, 0.717) is 5.92 Å². The molecule has 0 radical (unpaired) electrons. The van der Waals surface area contributed by atoms with Gasteiger partial charge in [0, 0.05) is 25.0 Å². The van der Waals surface area contributed by atoms with E-state index in [2.05, 4.69) is 46.4 Å². The predicted molar refractivity (Wildman–Crippen MR) is 106 cm³/mol. The van der Waals surface area contributed by atoms with Gasteiger partial charge in [-0.15, -0.1) is 0 Å². The van der Waals surface area contributed by atoms with Crippen molar-refractivity contribution in [3.8, 4) is 11.3 Å². The van der Waals surface area contributed by atoms with Crippen molar-refractivity contribution in [1.82, 2.24) is 15.1 Å². The average molecular weight is 352 g/mol. The molecule has 1 aliphatic heterocycles. The fourth-order valence-electron chi connectivity index (χ4n) is 3.31. The van der Waals surface area contributed by atoms with Crippen LogP contribution in [-0.2, 0) is 4.79 Å². The lowest BCUT2D eigenvalue weighted by molar-refractivity contribution is -0.121. The Hall–Kier alpha value is -2.40. The van der Waals surface area contributed by atoms with Crippen molar-refractivity contribution in [3.05, 3.63) is 48.7 Å². The summed E-state index contributed by atoms with van der Waals surface area (Å²) in [7, 11) is 0. The lowest BCUT2D eigenvalue weighted by atomic mass is 9.97. The fraction of sp³-hybridized carbons (Fsp3) is 0.429. The smallest absolute Gasteiger partial charge is 0.228 e. The number of aromatic nitrogens is 2. The zero-order chi connectivity index (χ0) is 18.4. The van der Waals surface area contributed by atoms with E-state index in [0.717, 1.165) is 49.4 Å². The van der Waals surface area contributed by atoms with Gasteiger partial charge >= 0.3 is 0 Å². The Morgan fingerprint density at radius 2 is 2.15 bits per heavy atom. The van der Waals surface area contributed by atoms with Gasteiger partial charge in [-0.2, -0.15) is 5.10 Å². The molecule has 0 spiro atoms. The van der Waals surface area contributed by atoms with Crippen LogP contribution in [0.5, 0.6) is 0 Å². The minimum atomic E-state index is 0.0588. The van der Waals surface area contributed by atoms with Crippen LogP contribution in [0.1, 0.15) is 26.7 Å². The summed E-state index contributed by atoms with van der Waals surface area (Å²) in [5, 5.41) is 9.98. The van der Waals surface area contributed by atoms with Crippen LogP contribution in [0.4, 0.5) is 5.69 Å². The van der Waals surface area contributed by atoms with Gasteiger partial charge in [-0.05, 0) is 49.1 Å². The van der Waals surface area contributed by atoms with E-state index in [1.807, 2.05) is 30.3 Å².